The summed E-state index contributed by atoms with van der Waals surface area (Å²) in [6, 6.07) is 14.1. The Morgan fingerprint density at radius 1 is 0.826 bits per heavy atom. The molecule has 0 fully saturated rings. The lowest BCUT2D eigenvalue weighted by atomic mass is 9.99. The highest BCUT2D eigenvalue weighted by Crippen LogP contribution is 2.29. The van der Waals surface area contributed by atoms with Crippen LogP contribution in [0.1, 0.15) is 16.9 Å². The van der Waals surface area contributed by atoms with Gasteiger partial charge in [0.25, 0.3) is 0 Å². The third-order valence-electron chi connectivity index (χ3n) is 3.91. The molecule has 0 N–H and O–H groups in total. The molecular weight excluding hydrogens is 341 g/mol. The largest absolute Gasteiger partial charge is 0.460 e. The highest BCUT2D eigenvalue weighted by atomic mass is 31.0. The maximum absolute atomic E-state index is 12.4. The van der Waals surface area contributed by atoms with Crippen LogP contribution in [0.4, 0.5) is 0 Å². The Balaban J connectivity index is 2.23. The van der Waals surface area contributed by atoms with Gasteiger partial charge < -0.3 is 4.42 Å². The predicted molar refractivity (Wildman–Crippen MR) is 108 cm³/mol. The standard InChI is InChI=1S/C18H19O2P3/c19-16-7-15(10-23)20-17-6-13(5-14(9-22)18(16)17)12-3-1-11(8-21)2-4-12/h1-7H,8-10,21-23H2. The number of benzene rings is 2. The Labute approximate surface area is 142 Å². The van der Waals surface area contributed by atoms with Gasteiger partial charge in [-0.25, -0.2) is 0 Å². The summed E-state index contributed by atoms with van der Waals surface area (Å²) in [5.41, 5.74) is 5.19. The van der Waals surface area contributed by atoms with Crippen LogP contribution < -0.4 is 5.43 Å². The lowest BCUT2D eigenvalue weighted by molar-refractivity contribution is 0.560. The molecule has 0 radical (unpaired) electrons. The molecule has 23 heavy (non-hydrogen) atoms. The number of hydrogen-bond donors (Lipinski definition) is 0. The van der Waals surface area contributed by atoms with Crippen molar-refractivity contribution >= 4 is 38.7 Å². The van der Waals surface area contributed by atoms with Crippen molar-refractivity contribution in [1.29, 1.82) is 0 Å². The van der Waals surface area contributed by atoms with Gasteiger partial charge in [-0.1, -0.05) is 24.3 Å². The number of rotatable bonds is 4. The van der Waals surface area contributed by atoms with Crippen molar-refractivity contribution in [2.75, 3.05) is 0 Å². The number of hydrogen-bond acceptors (Lipinski definition) is 2. The van der Waals surface area contributed by atoms with E-state index in [1.807, 2.05) is 6.07 Å². The van der Waals surface area contributed by atoms with Crippen molar-refractivity contribution in [1.82, 2.24) is 0 Å². The van der Waals surface area contributed by atoms with Gasteiger partial charge in [-0.3, -0.25) is 4.79 Å². The Hall–Kier alpha value is -1.06. The summed E-state index contributed by atoms with van der Waals surface area (Å²) in [6.07, 6.45) is 2.30. The summed E-state index contributed by atoms with van der Waals surface area (Å²) in [6.45, 7) is 0. The van der Waals surface area contributed by atoms with Crippen LogP contribution in [0.15, 0.2) is 51.7 Å². The molecule has 0 amide bonds. The van der Waals surface area contributed by atoms with Gasteiger partial charge in [-0.05, 0) is 46.7 Å². The van der Waals surface area contributed by atoms with E-state index in [2.05, 4.69) is 58.1 Å². The van der Waals surface area contributed by atoms with Gasteiger partial charge in [-0.15, -0.1) is 27.7 Å². The molecule has 118 valence electrons. The maximum Gasteiger partial charge on any atom is 0.193 e. The first-order valence-electron chi connectivity index (χ1n) is 7.45. The van der Waals surface area contributed by atoms with Gasteiger partial charge >= 0.3 is 0 Å². The summed E-state index contributed by atoms with van der Waals surface area (Å²) in [7, 11) is 8.03. The third kappa shape index (κ3) is 3.41. The second-order valence-corrected chi connectivity index (χ2v) is 6.62. The molecule has 0 aliphatic heterocycles. The molecule has 0 saturated heterocycles. The van der Waals surface area contributed by atoms with E-state index in [4.69, 9.17) is 4.42 Å². The number of fused-ring (bicyclic) bond motifs is 1. The normalized spacial score (nSPS) is 11.1. The summed E-state index contributed by atoms with van der Waals surface area (Å²) in [4.78, 5) is 12.4. The maximum atomic E-state index is 12.4. The fourth-order valence-corrected chi connectivity index (χ4v) is 3.48. The topological polar surface area (TPSA) is 30.2 Å². The lowest BCUT2D eigenvalue weighted by Gasteiger charge is -2.10. The summed E-state index contributed by atoms with van der Waals surface area (Å²) >= 11 is 0. The van der Waals surface area contributed by atoms with Gasteiger partial charge in [0.2, 0.25) is 0 Å². The van der Waals surface area contributed by atoms with E-state index in [1.54, 1.807) is 6.07 Å². The van der Waals surface area contributed by atoms with Crippen molar-refractivity contribution in [3.05, 3.63) is 69.6 Å². The first kappa shape index (κ1) is 16.8. The van der Waals surface area contributed by atoms with E-state index in [0.717, 1.165) is 29.0 Å². The SMILES string of the molecule is O=c1cc(CP)oc2cc(-c3ccc(CP)cc3)cc(CP)c12. The minimum absolute atomic E-state index is 0.0334. The van der Waals surface area contributed by atoms with Crippen LogP contribution in [-0.4, -0.2) is 0 Å². The molecular formula is C18H19O2P3. The zero-order valence-corrected chi connectivity index (χ0v) is 16.2. The van der Waals surface area contributed by atoms with Gasteiger partial charge in [0.15, 0.2) is 5.43 Å². The van der Waals surface area contributed by atoms with Crippen LogP contribution in [-0.2, 0) is 18.5 Å². The molecule has 2 aromatic carbocycles. The molecule has 5 heteroatoms. The van der Waals surface area contributed by atoms with E-state index >= 15 is 0 Å². The van der Waals surface area contributed by atoms with Crippen LogP contribution in [0.3, 0.4) is 0 Å². The molecule has 3 rings (SSSR count). The van der Waals surface area contributed by atoms with Crippen LogP contribution in [0.25, 0.3) is 22.1 Å². The molecule has 3 aromatic rings. The fourth-order valence-electron chi connectivity index (χ4n) is 2.68. The fraction of sp³-hybridized carbons (Fsp3) is 0.167. The van der Waals surface area contributed by atoms with Crippen LogP contribution in [0.2, 0.25) is 0 Å². The summed E-state index contributed by atoms with van der Waals surface area (Å²) < 4.78 is 5.91. The molecule has 0 saturated carbocycles. The molecule has 0 aliphatic carbocycles. The molecule has 1 heterocycles. The quantitative estimate of drug-likeness (QED) is 0.638. The minimum atomic E-state index is 0.0334. The van der Waals surface area contributed by atoms with Gasteiger partial charge in [-0.2, -0.15) is 0 Å². The first-order chi connectivity index (χ1) is 11.2. The van der Waals surface area contributed by atoms with Crippen molar-refractivity contribution in [3.8, 4) is 11.1 Å². The molecule has 3 unspecified atom stereocenters. The highest BCUT2D eigenvalue weighted by Gasteiger charge is 2.11. The van der Waals surface area contributed by atoms with Crippen molar-refractivity contribution in [2.45, 2.75) is 18.5 Å². The van der Waals surface area contributed by atoms with E-state index in [9.17, 15) is 4.79 Å². The molecule has 0 spiro atoms. The highest BCUT2D eigenvalue weighted by molar-refractivity contribution is 7.15. The zero-order valence-electron chi connectivity index (χ0n) is 12.7. The van der Waals surface area contributed by atoms with Crippen molar-refractivity contribution < 1.29 is 4.42 Å². The van der Waals surface area contributed by atoms with Crippen LogP contribution in [0, 0.1) is 0 Å². The second-order valence-electron chi connectivity index (χ2n) is 5.39. The van der Waals surface area contributed by atoms with E-state index in [-0.39, 0.29) is 5.43 Å². The van der Waals surface area contributed by atoms with E-state index in [0.29, 0.717) is 22.9 Å². The van der Waals surface area contributed by atoms with Crippen molar-refractivity contribution in [3.63, 3.8) is 0 Å². The van der Waals surface area contributed by atoms with Gasteiger partial charge in [0.05, 0.1) is 5.39 Å². The van der Waals surface area contributed by atoms with Gasteiger partial charge in [0.1, 0.15) is 11.3 Å². The minimum Gasteiger partial charge on any atom is -0.460 e. The van der Waals surface area contributed by atoms with Gasteiger partial charge in [0, 0.05) is 12.2 Å². The molecule has 1 aromatic heterocycles. The monoisotopic (exact) mass is 360 g/mol. The summed E-state index contributed by atoms with van der Waals surface area (Å²) in [5, 5.41) is 0.688. The molecule has 0 aliphatic rings. The molecule has 0 bridgehead atoms. The Kier molecular flexibility index (Phi) is 5.27. The van der Waals surface area contributed by atoms with Crippen molar-refractivity contribution in [2.24, 2.45) is 0 Å². The summed E-state index contributed by atoms with van der Waals surface area (Å²) in [5.74, 6) is 0.692. The Morgan fingerprint density at radius 2 is 1.57 bits per heavy atom. The predicted octanol–water partition coefficient (Wildman–Crippen LogP) is 4.59. The Bertz CT molecular complexity index is 899. The smallest absolute Gasteiger partial charge is 0.193 e. The Morgan fingerprint density at radius 3 is 2.17 bits per heavy atom. The average molecular weight is 360 g/mol. The van der Waals surface area contributed by atoms with E-state index < -0.39 is 0 Å². The second kappa shape index (κ2) is 7.23. The molecule has 2 nitrogen and oxygen atoms in total. The first-order valence-corrected chi connectivity index (χ1v) is 9.90. The average Bonchev–Trinajstić information content (AvgIpc) is 2.60. The van der Waals surface area contributed by atoms with Crippen LogP contribution >= 0.6 is 27.7 Å². The lowest BCUT2D eigenvalue weighted by Crippen LogP contribution is -2.04. The molecule has 3 atom stereocenters. The van der Waals surface area contributed by atoms with E-state index in [1.165, 1.54) is 5.56 Å². The van der Waals surface area contributed by atoms with Crippen LogP contribution in [0.5, 0.6) is 0 Å². The third-order valence-corrected chi connectivity index (χ3v) is 5.22. The zero-order chi connectivity index (χ0) is 16.4.